The summed E-state index contributed by atoms with van der Waals surface area (Å²) in [5.74, 6) is -0.679. The van der Waals surface area contributed by atoms with Crippen molar-refractivity contribution in [3.8, 4) is 6.07 Å². The quantitative estimate of drug-likeness (QED) is 0.523. The van der Waals surface area contributed by atoms with Gasteiger partial charge in [-0.05, 0) is 25.5 Å². The lowest BCUT2D eigenvalue weighted by molar-refractivity contribution is -0.142. The van der Waals surface area contributed by atoms with Gasteiger partial charge in [-0.2, -0.15) is 5.26 Å². The lowest BCUT2D eigenvalue weighted by atomic mass is 10.2. The first-order chi connectivity index (χ1) is 10.8. The van der Waals surface area contributed by atoms with E-state index in [1.165, 1.54) is 38.2 Å². The maximum atomic E-state index is 12.3. The fourth-order valence-corrected chi connectivity index (χ4v) is 3.00. The summed E-state index contributed by atoms with van der Waals surface area (Å²) < 4.78 is 30.4. The van der Waals surface area contributed by atoms with Crippen LogP contribution in [0.25, 0.3) is 0 Å². The topological polar surface area (TPSA) is 105 Å². The van der Waals surface area contributed by atoms with E-state index >= 15 is 0 Å². The van der Waals surface area contributed by atoms with Crippen molar-refractivity contribution < 1.29 is 22.7 Å². The van der Waals surface area contributed by atoms with Gasteiger partial charge in [0.05, 0.1) is 4.90 Å². The van der Waals surface area contributed by atoms with Crippen LogP contribution in [-0.2, 0) is 19.6 Å². The highest BCUT2D eigenvalue weighted by atomic mass is 32.2. The lowest BCUT2D eigenvalue weighted by Gasteiger charge is -2.17. The number of nitrogens with zero attached hydrogens (tertiary/aromatic N) is 2. The Morgan fingerprint density at radius 2 is 1.87 bits per heavy atom. The van der Waals surface area contributed by atoms with Gasteiger partial charge in [-0.3, -0.25) is 9.59 Å². The standard InChI is InChI=1S/C15H18N2O5S/c1-12(18)13-5-7-14(8-6-13)23(20,21)17(2)10-3-4-15(19)22-11-9-16/h5-8H,3-4,10-11H2,1-2H3. The summed E-state index contributed by atoms with van der Waals surface area (Å²) in [6.45, 7) is 1.23. The number of hydrogen-bond acceptors (Lipinski definition) is 6. The van der Waals surface area contributed by atoms with Crippen LogP contribution < -0.4 is 0 Å². The zero-order chi connectivity index (χ0) is 17.5. The molecule has 0 amide bonds. The lowest BCUT2D eigenvalue weighted by Crippen LogP contribution is -2.28. The van der Waals surface area contributed by atoms with Crippen molar-refractivity contribution in [3.63, 3.8) is 0 Å². The van der Waals surface area contributed by atoms with Crippen molar-refractivity contribution in [2.24, 2.45) is 0 Å². The van der Waals surface area contributed by atoms with Gasteiger partial charge in [-0.15, -0.1) is 0 Å². The van der Waals surface area contributed by atoms with Crippen LogP contribution in [0.4, 0.5) is 0 Å². The predicted molar refractivity (Wildman–Crippen MR) is 82.1 cm³/mol. The fourth-order valence-electron chi connectivity index (χ4n) is 1.79. The fraction of sp³-hybridized carbons (Fsp3) is 0.400. The number of esters is 1. The summed E-state index contributed by atoms with van der Waals surface area (Å²) in [6, 6.07) is 7.36. The van der Waals surface area contributed by atoms with Crippen LogP contribution in [0.15, 0.2) is 29.2 Å². The molecule has 0 saturated heterocycles. The molecule has 8 heteroatoms. The van der Waals surface area contributed by atoms with Crippen LogP contribution >= 0.6 is 0 Å². The molecule has 23 heavy (non-hydrogen) atoms. The SMILES string of the molecule is CC(=O)c1ccc(S(=O)(=O)N(C)CCCC(=O)OCC#N)cc1. The number of sulfonamides is 1. The van der Waals surface area contributed by atoms with Gasteiger partial charge in [-0.25, -0.2) is 12.7 Å². The van der Waals surface area contributed by atoms with Gasteiger partial charge >= 0.3 is 5.97 Å². The molecule has 1 aromatic carbocycles. The van der Waals surface area contributed by atoms with Crippen LogP contribution in [0, 0.1) is 11.3 Å². The summed E-state index contributed by atoms with van der Waals surface area (Å²) in [4.78, 5) is 22.5. The summed E-state index contributed by atoms with van der Waals surface area (Å²) in [5.41, 5.74) is 0.437. The van der Waals surface area contributed by atoms with E-state index in [1.807, 2.05) is 0 Å². The molecule has 0 aliphatic carbocycles. The summed E-state index contributed by atoms with van der Waals surface area (Å²) in [5, 5.41) is 8.28. The molecule has 1 aromatic rings. The maximum Gasteiger partial charge on any atom is 0.306 e. The van der Waals surface area contributed by atoms with Gasteiger partial charge in [0.2, 0.25) is 10.0 Å². The monoisotopic (exact) mass is 338 g/mol. The first-order valence-corrected chi connectivity index (χ1v) is 8.33. The molecule has 124 valence electrons. The Morgan fingerprint density at radius 3 is 2.39 bits per heavy atom. The largest absolute Gasteiger partial charge is 0.450 e. The minimum atomic E-state index is -3.68. The molecular formula is C15H18N2O5S. The Hall–Kier alpha value is -2.24. The van der Waals surface area contributed by atoms with E-state index in [4.69, 9.17) is 5.26 Å². The molecule has 0 bridgehead atoms. The van der Waals surface area contributed by atoms with Crippen LogP contribution in [0.1, 0.15) is 30.1 Å². The second kappa shape index (κ2) is 8.41. The molecule has 0 fully saturated rings. The summed E-state index contributed by atoms with van der Waals surface area (Å²) in [7, 11) is -2.27. The molecule has 0 unspecified atom stereocenters. The highest BCUT2D eigenvalue weighted by Gasteiger charge is 2.20. The van der Waals surface area contributed by atoms with E-state index in [1.54, 1.807) is 6.07 Å². The van der Waals surface area contributed by atoms with Crippen molar-refractivity contribution in [1.29, 1.82) is 5.26 Å². The van der Waals surface area contributed by atoms with E-state index in [0.717, 1.165) is 4.31 Å². The van der Waals surface area contributed by atoms with Crippen LogP contribution in [-0.4, -0.2) is 44.7 Å². The molecule has 0 aliphatic rings. The molecule has 0 aliphatic heterocycles. The van der Waals surface area contributed by atoms with Crippen molar-refractivity contribution in [2.75, 3.05) is 20.2 Å². The van der Waals surface area contributed by atoms with Gasteiger partial charge < -0.3 is 4.74 Å². The van der Waals surface area contributed by atoms with E-state index < -0.39 is 16.0 Å². The molecule has 7 nitrogen and oxygen atoms in total. The maximum absolute atomic E-state index is 12.3. The van der Waals surface area contributed by atoms with Gasteiger partial charge in [0, 0.05) is 25.6 Å². The average Bonchev–Trinajstić information content (AvgIpc) is 2.52. The van der Waals surface area contributed by atoms with Gasteiger partial charge in [-0.1, -0.05) is 12.1 Å². The highest BCUT2D eigenvalue weighted by Crippen LogP contribution is 2.16. The second-order valence-electron chi connectivity index (χ2n) is 4.83. The molecule has 0 heterocycles. The normalized spacial score (nSPS) is 11.0. The minimum Gasteiger partial charge on any atom is -0.450 e. The summed E-state index contributed by atoms with van der Waals surface area (Å²) in [6.07, 6.45) is 0.316. The van der Waals surface area contributed by atoms with Crippen LogP contribution in [0.2, 0.25) is 0 Å². The average molecular weight is 338 g/mol. The molecule has 1 rings (SSSR count). The van der Waals surface area contributed by atoms with Crippen molar-refractivity contribution in [3.05, 3.63) is 29.8 Å². The number of carbonyl (C=O) groups excluding carboxylic acids is 2. The third-order valence-corrected chi connectivity index (χ3v) is 4.99. The number of carbonyl (C=O) groups is 2. The smallest absolute Gasteiger partial charge is 0.306 e. The third kappa shape index (κ3) is 5.47. The number of hydrogen-bond donors (Lipinski definition) is 0. The Balaban J connectivity index is 2.63. The van der Waals surface area contributed by atoms with Gasteiger partial charge in [0.15, 0.2) is 12.4 Å². The number of nitriles is 1. The van der Waals surface area contributed by atoms with E-state index in [0.29, 0.717) is 5.56 Å². The zero-order valence-corrected chi connectivity index (χ0v) is 13.8. The van der Waals surface area contributed by atoms with Crippen LogP contribution in [0.5, 0.6) is 0 Å². The highest BCUT2D eigenvalue weighted by molar-refractivity contribution is 7.89. The molecule has 0 N–H and O–H groups in total. The van der Waals surface area contributed by atoms with Crippen molar-refractivity contribution in [1.82, 2.24) is 4.31 Å². The number of ether oxygens (including phenoxy) is 1. The van der Waals surface area contributed by atoms with Gasteiger partial charge in [0.25, 0.3) is 0 Å². The third-order valence-electron chi connectivity index (χ3n) is 3.12. The molecule has 0 saturated carbocycles. The zero-order valence-electron chi connectivity index (χ0n) is 13.0. The first kappa shape index (κ1) is 18.8. The van der Waals surface area contributed by atoms with Gasteiger partial charge in [0.1, 0.15) is 6.07 Å². The number of rotatable bonds is 8. The molecule has 0 spiro atoms. The Bertz CT molecular complexity index is 704. The first-order valence-electron chi connectivity index (χ1n) is 6.89. The van der Waals surface area contributed by atoms with E-state index in [9.17, 15) is 18.0 Å². The molecular weight excluding hydrogens is 320 g/mol. The number of benzene rings is 1. The number of ketones is 1. The Labute approximate surface area is 135 Å². The Morgan fingerprint density at radius 1 is 1.26 bits per heavy atom. The van der Waals surface area contributed by atoms with Crippen molar-refractivity contribution >= 4 is 21.8 Å². The van der Waals surface area contributed by atoms with Crippen molar-refractivity contribution in [2.45, 2.75) is 24.7 Å². The predicted octanol–water partition coefficient (Wildman–Crippen LogP) is 1.36. The van der Waals surface area contributed by atoms with E-state index in [2.05, 4.69) is 4.74 Å². The second-order valence-corrected chi connectivity index (χ2v) is 6.87. The van der Waals surface area contributed by atoms with Crippen LogP contribution in [0.3, 0.4) is 0 Å². The summed E-state index contributed by atoms with van der Waals surface area (Å²) >= 11 is 0. The molecule has 0 radical (unpaired) electrons. The number of Topliss-reactive ketones (excluding diaryl/α,β-unsaturated/α-hetero) is 1. The van der Waals surface area contributed by atoms with E-state index in [-0.39, 0.29) is 36.7 Å². The molecule has 0 atom stereocenters. The minimum absolute atomic E-state index is 0.0326. The Kier molecular flexibility index (Phi) is 6.88. The molecule has 0 aromatic heterocycles.